The summed E-state index contributed by atoms with van der Waals surface area (Å²) < 4.78 is 0. The third kappa shape index (κ3) is 1.27. The van der Waals surface area contributed by atoms with E-state index in [-0.39, 0.29) is 0 Å². The van der Waals surface area contributed by atoms with E-state index in [1.807, 2.05) is 6.07 Å². The van der Waals surface area contributed by atoms with Gasteiger partial charge in [-0.2, -0.15) is 0 Å². The number of aromatic nitrogens is 1. The summed E-state index contributed by atoms with van der Waals surface area (Å²) >= 11 is 0. The molecule has 0 bridgehead atoms. The molecule has 1 aliphatic heterocycles. The fourth-order valence-corrected chi connectivity index (χ4v) is 2.66. The second-order valence-corrected chi connectivity index (χ2v) is 4.63. The van der Waals surface area contributed by atoms with Crippen LogP contribution in [0.1, 0.15) is 18.4 Å². The molecule has 17 heavy (non-hydrogen) atoms. The maximum atomic E-state index is 4.69. The summed E-state index contributed by atoms with van der Waals surface area (Å²) in [5, 5.41) is 4.63. The quantitative estimate of drug-likeness (QED) is 0.566. The van der Waals surface area contributed by atoms with Crippen LogP contribution in [0.3, 0.4) is 0 Å². The molecule has 2 aliphatic rings. The van der Waals surface area contributed by atoms with E-state index in [4.69, 9.17) is 0 Å². The van der Waals surface area contributed by atoms with E-state index in [1.165, 1.54) is 22.4 Å². The fraction of sp³-hybridized carbons (Fsp3) is 0.200. The summed E-state index contributed by atoms with van der Waals surface area (Å²) in [6.07, 6.45) is 5.77. The minimum Gasteiger partial charge on any atom is -0.229 e. The van der Waals surface area contributed by atoms with Crippen molar-refractivity contribution in [3.05, 3.63) is 57.0 Å². The molecule has 0 unspecified atom stereocenters. The Bertz CT molecular complexity index is 819. The second kappa shape index (κ2) is 3.27. The molecule has 0 spiro atoms. The average Bonchev–Trinajstić information content (AvgIpc) is 2.73. The van der Waals surface area contributed by atoms with Crippen LogP contribution in [0.25, 0.3) is 6.08 Å². The van der Waals surface area contributed by atoms with E-state index in [9.17, 15) is 0 Å². The van der Waals surface area contributed by atoms with E-state index >= 15 is 0 Å². The lowest BCUT2D eigenvalue weighted by Crippen LogP contribution is -2.16. The number of benzene rings is 1. The molecule has 0 N–H and O–H groups in total. The first-order valence-corrected chi connectivity index (χ1v) is 6.10. The minimum atomic E-state index is 0.892. The molecule has 1 aromatic carbocycles. The predicted molar refractivity (Wildman–Crippen MR) is 66.2 cm³/mol. The van der Waals surface area contributed by atoms with Crippen LogP contribution < -0.4 is 10.7 Å². The summed E-state index contributed by atoms with van der Waals surface area (Å²) in [5.74, 6) is 0.892. The van der Waals surface area contributed by atoms with Gasteiger partial charge in [0.2, 0.25) is 0 Å². The van der Waals surface area contributed by atoms with E-state index < -0.39 is 0 Å². The van der Waals surface area contributed by atoms with E-state index in [1.54, 1.807) is 0 Å². The number of fused-ring (bicyclic) bond motifs is 3. The van der Waals surface area contributed by atoms with Crippen molar-refractivity contribution in [2.24, 2.45) is 4.99 Å². The number of rotatable bonds is 0. The Kier molecular flexibility index (Phi) is 1.75. The SMILES string of the molecule is C1=c2nc3c(cc2CCC1)=c1ccccc1=N3. The summed E-state index contributed by atoms with van der Waals surface area (Å²) in [6.45, 7) is 0. The fourth-order valence-electron chi connectivity index (χ4n) is 2.66. The van der Waals surface area contributed by atoms with Gasteiger partial charge in [0.05, 0.1) is 10.7 Å². The first kappa shape index (κ1) is 9.11. The van der Waals surface area contributed by atoms with Gasteiger partial charge >= 0.3 is 0 Å². The highest BCUT2D eigenvalue weighted by Crippen LogP contribution is 2.16. The summed E-state index contributed by atoms with van der Waals surface area (Å²) in [4.78, 5) is 9.28. The molecule has 4 rings (SSSR count). The van der Waals surface area contributed by atoms with E-state index in [0.29, 0.717) is 0 Å². The van der Waals surface area contributed by atoms with Gasteiger partial charge < -0.3 is 0 Å². The van der Waals surface area contributed by atoms with Crippen molar-refractivity contribution in [2.45, 2.75) is 19.3 Å². The number of aryl methyl sites for hydroxylation is 1. The lowest BCUT2D eigenvalue weighted by atomic mass is 10.0. The maximum absolute atomic E-state index is 4.69. The standard InChI is InChI=1S/C15H12N2/c1-3-7-13-10(5-1)9-12-11-6-2-4-8-14(11)17-15(12)16-13/h2,4,6-9H,1,3,5H2. The van der Waals surface area contributed by atoms with Crippen LogP contribution in [0, 0.1) is 10.4 Å². The van der Waals surface area contributed by atoms with Crippen LogP contribution in [0.2, 0.25) is 0 Å². The Hall–Kier alpha value is -1.96. The molecule has 0 saturated heterocycles. The number of hydrogen-bond donors (Lipinski definition) is 0. The lowest BCUT2D eigenvalue weighted by Gasteiger charge is -2.07. The van der Waals surface area contributed by atoms with Gasteiger partial charge in [-0.15, -0.1) is 0 Å². The molecule has 1 aliphatic carbocycles. The van der Waals surface area contributed by atoms with Gasteiger partial charge in [0.1, 0.15) is 0 Å². The highest BCUT2D eigenvalue weighted by Gasteiger charge is 2.09. The van der Waals surface area contributed by atoms with Crippen molar-refractivity contribution >= 4 is 11.9 Å². The van der Waals surface area contributed by atoms with Crippen molar-refractivity contribution < 1.29 is 0 Å². The third-order valence-corrected chi connectivity index (χ3v) is 3.52. The normalized spacial score (nSPS) is 15.3. The van der Waals surface area contributed by atoms with Crippen LogP contribution >= 0.6 is 0 Å². The van der Waals surface area contributed by atoms with Gasteiger partial charge in [0, 0.05) is 10.4 Å². The molecule has 0 atom stereocenters. The molecular weight excluding hydrogens is 208 g/mol. The molecule has 1 aromatic heterocycles. The summed E-state index contributed by atoms with van der Waals surface area (Å²) in [5.41, 5.74) is 1.38. The Morgan fingerprint density at radius 2 is 2.00 bits per heavy atom. The van der Waals surface area contributed by atoms with Gasteiger partial charge in [0.25, 0.3) is 0 Å². The maximum Gasteiger partial charge on any atom is 0.161 e. The molecule has 0 amide bonds. The van der Waals surface area contributed by atoms with Crippen LogP contribution in [-0.2, 0) is 6.42 Å². The van der Waals surface area contributed by atoms with Crippen molar-refractivity contribution in [1.29, 1.82) is 0 Å². The van der Waals surface area contributed by atoms with E-state index in [2.05, 4.69) is 40.3 Å². The number of para-hydroxylation sites is 1. The Morgan fingerprint density at radius 3 is 3.00 bits per heavy atom. The third-order valence-electron chi connectivity index (χ3n) is 3.52. The highest BCUT2D eigenvalue weighted by atomic mass is 14.9. The Balaban J connectivity index is 2.22. The zero-order valence-electron chi connectivity index (χ0n) is 9.48. The molecule has 2 heterocycles. The first-order valence-electron chi connectivity index (χ1n) is 6.10. The molecule has 82 valence electrons. The van der Waals surface area contributed by atoms with Crippen molar-refractivity contribution in [2.75, 3.05) is 0 Å². The summed E-state index contributed by atoms with van der Waals surface area (Å²) in [7, 11) is 0. The van der Waals surface area contributed by atoms with Gasteiger partial charge in [-0.1, -0.05) is 24.3 Å². The van der Waals surface area contributed by atoms with Crippen molar-refractivity contribution in [1.82, 2.24) is 4.98 Å². The minimum absolute atomic E-state index is 0.892. The van der Waals surface area contributed by atoms with Crippen LogP contribution in [0.5, 0.6) is 0 Å². The Labute approximate surface area is 98.7 Å². The lowest BCUT2D eigenvalue weighted by molar-refractivity contribution is 0.821. The highest BCUT2D eigenvalue weighted by molar-refractivity contribution is 5.42. The topological polar surface area (TPSA) is 25.2 Å². The van der Waals surface area contributed by atoms with Crippen LogP contribution in [0.15, 0.2) is 35.3 Å². The second-order valence-electron chi connectivity index (χ2n) is 4.63. The van der Waals surface area contributed by atoms with Gasteiger partial charge in [-0.05, 0) is 37.0 Å². The summed E-state index contributed by atoms with van der Waals surface area (Å²) in [6, 6.07) is 10.6. The molecular formula is C15H12N2. The number of pyridine rings is 1. The van der Waals surface area contributed by atoms with Crippen LogP contribution in [0.4, 0.5) is 5.82 Å². The molecule has 0 saturated carbocycles. The zero-order chi connectivity index (χ0) is 11.2. The largest absolute Gasteiger partial charge is 0.229 e. The number of hydrogen-bond acceptors (Lipinski definition) is 2. The van der Waals surface area contributed by atoms with Crippen molar-refractivity contribution in [3.8, 4) is 0 Å². The molecule has 2 nitrogen and oxygen atoms in total. The Morgan fingerprint density at radius 1 is 1.06 bits per heavy atom. The van der Waals surface area contributed by atoms with Gasteiger partial charge in [-0.25, -0.2) is 9.98 Å². The first-order chi connectivity index (χ1) is 8.42. The van der Waals surface area contributed by atoms with Gasteiger partial charge in [-0.3, -0.25) is 0 Å². The molecule has 0 fully saturated rings. The van der Waals surface area contributed by atoms with Crippen molar-refractivity contribution in [3.63, 3.8) is 0 Å². The predicted octanol–water partition coefficient (Wildman–Crippen LogP) is 1.75. The van der Waals surface area contributed by atoms with E-state index in [0.717, 1.165) is 29.4 Å². The average molecular weight is 220 g/mol. The number of nitrogens with zero attached hydrogens (tertiary/aromatic N) is 2. The monoisotopic (exact) mass is 220 g/mol. The molecule has 2 aromatic rings. The van der Waals surface area contributed by atoms with Crippen LogP contribution in [-0.4, -0.2) is 4.98 Å². The zero-order valence-corrected chi connectivity index (χ0v) is 9.48. The smallest absolute Gasteiger partial charge is 0.161 e. The molecule has 0 radical (unpaired) electrons. The van der Waals surface area contributed by atoms with Gasteiger partial charge in [0.15, 0.2) is 5.82 Å². The molecule has 2 heteroatoms.